The van der Waals surface area contributed by atoms with E-state index in [1.54, 1.807) is 43.0 Å². The number of benzene rings is 1. The molecule has 1 aliphatic rings. The molecule has 0 saturated carbocycles. The summed E-state index contributed by atoms with van der Waals surface area (Å²) < 4.78 is 42.6. The van der Waals surface area contributed by atoms with Gasteiger partial charge in [0.2, 0.25) is 5.91 Å². The summed E-state index contributed by atoms with van der Waals surface area (Å²) in [6.45, 7) is 1.57. The van der Waals surface area contributed by atoms with E-state index < -0.39 is 24.0 Å². The Morgan fingerprint density at radius 3 is 2.69 bits per heavy atom. The van der Waals surface area contributed by atoms with Crippen LogP contribution in [-0.2, 0) is 18.3 Å². The number of nitrogens with one attached hydrogen (secondary N) is 2. The first-order valence-corrected chi connectivity index (χ1v) is 10.3. The Balaban J connectivity index is 1.50. The molecule has 1 aliphatic heterocycles. The summed E-state index contributed by atoms with van der Waals surface area (Å²) >= 11 is 0. The van der Waals surface area contributed by atoms with Crippen molar-refractivity contribution in [2.24, 2.45) is 13.0 Å². The molecule has 2 atom stereocenters. The van der Waals surface area contributed by atoms with Crippen molar-refractivity contribution in [2.45, 2.75) is 32.0 Å². The van der Waals surface area contributed by atoms with Gasteiger partial charge in [0.15, 0.2) is 0 Å². The summed E-state index contributed by atoms with van der Waals surface area (Å²) in [4.78, 5) is 29.9. The highest BCUT2D eigenvalue weighted by molar-refractivity contribution is 5.98. The molecule has 1 saturated heterocycles. The molecule has 10 heteroatoms. The van der Waals surface area contributed by atoms with Crippen molar-refractivity contribution in [3.05, 3.63) is 53.5 Å². The fraction of sp³-hybridized carbons (Fsp3) is 0.409. The van der Waals surface area contributed by atoms with Crippen LogP contribution in [0.2, 0.25) is 0 Å². The van der Waals surface area contributed by atoms with Crippen molar-refractivity contribution in [2.75, 3.05) is 13.1 Å². The first kappa shape index (κ1) is 21.9. The van der Waals surface area contributed by atoms with Crippen molar-refractivity contribution in [1.29, 1.82) is 0 Å². The second-order valence-electron chi connectivity index (χ2n) is 8.22. The number of aromatic nitrogens is 3. The van der Waals surface area contributed by atoms with Crippen LogP contribution in [0.4, 0.5) is 13.2 Å². The quantitative estimate of drug-likeness (QED) is 0.645. The molecule has 0 spiro atoms. The zero-order chi connectivity index (χ0) is 23.0. The van der Waals surface area contributed by atoms with E-state index in [-0.39, 0.29) is 37.5 Å². The van der Waals surface area contributed by atoms with Crippen LogP contribution in [0.5, 0.6) is 0 Å². The number of hydrogen-bond acceptors (Lipinski definition) is 3. The molecule has 2 amide bonds. The van der Waals surface area contributed by atoms with Gasteiger partial charge < -0.3 is 15.2 Å². The van der Waals surface area contributed by atoms with Crippen LogP contribution < -0.4 is 5.32 Å². The Labute approximate surface area is 182 Å². The molecule has 32 heavy (non-hydrogen) atoms. The van der Waals surface area contributed by atoms with E-state index in [0.717, 1.165) is 16.5 Å². The smallest absolute Gasteiger partial charge is 0.351 e. The van der Waals surface area contributed by atoms with E-state index in [4.69, 9.17) is 0 Å². The average molecular weight is 447 g/mol. The molecule has 4 rings (SSSR count). The number of fused-ring (bicyclic) bond motifs is 1. The Hall–Kier alpha value is -3.30. The predicted molar refractivity (Wildman–Crippen MR) is 112 cm³/mol. The number of piperidine rings is 1. The number of H-pyrrole nitrogens is 1. The molecule has 1 fully saturated rings. The van der Waals surface area contributed by atoms with Crippen LogP contribution in [0.15, 0.2) is 36.5 Å². The molecule has 170 valence electrons. The number of amides is 2. The number of halogens is 3. The largest absolute Gasteiger partial charge is 0.393 e. The van der Waals surface area contributed by atoms with Gasteiger partial charge in [-0.2, -0.15) is 18.3 Å². The van der Waals surface area contributed by atoms with Crippen LogP contribution in [-0.4, -0.2) is 56.8 Å². The number of para-hydroxylation sites is 1. The zero-order valence-electron chi connectivity index (χ0n) is 17.7. The first-order valence-electron chi connectivity index (χ1n) is 10.3. The summed E-state index contributed by atoms with van der Waals surface area (Å²) in [6.07, 6.45) is -2.96. The van der Waals surface area contributed by atoms with Crippen molar-refractivity contribution in [3.63, 3.8) is 0 Å². The maximum absolute atomic E-state index is 13.7. The molecule has 1 aromatic carbocycles. The molecule has 2 unspecified atom stereocenters. The number of carbonyl (C=O) groups excluding carboxylic acids is 2. The number of likely N-dealkylation sites (tertiary alicyclic amines) is 1. The van der Waals surface area contributed by atoms with E-state index in [0.29, 0.717) is 5.69 Å². The highest BCUT2D eigenvalue weighted by Crippen LogP contribution is 2.35. The van der Waals surface area contributed by atoms with Crippen LogP contribution >= 0.6 is 0 Å². The monoisotopic (exact) mass is 447 g/mol. The minimum Gasteiger partial charge on any atom is -0.351 e. The molecular formula is C22H24F3N5O2. The van der Waals surface area contributed by atoms with Crippen LogP contribution in [0.25, 0.3) is 10.9 Å². The van der Waals surface area contributed by atoms with Gasteiger partial charge in [-0.05, 0) is 25.5 Å². The Kier molecular flexibility index (Phi) is 5.70. The van der Waals surface area contributed by atoms with Gasteiger partial charge in [0.05, 0.1) is 24.1 Å². The third-order valence-electron chi connectivity index (χ3n) is 5.93. The van der Waals surface area contributed by atoms with Gasteiger partial charge in [-0.1, -0.05) is 18.2 Å². The van der Waals surface area contributed by atoms with E-state index in [9.17, 15) is 22.8 Å². The van der Waals surface area contributed by atoms with E-state index in [1.807, 2.05) is 12.1 Å². The molecule has 2 N–H and O–H groups in total. The summed E-state index contributed by atoms with van der Waals surface area (Å²) in [6, 6.07) is 7.57. The van der Waals surface area contributed by atoms with Gasteiger partial charge in [0.1, 0.15) is 5.69 Å². The SMILES string of the molecule is Cc1nn(C)cc1CC(=O)N1CCC(C(F)(F)F)C(NC(=O)c2cc3ccccc3[nH]2)C1. The second kappa shape index (κ2) is 8.33. The number of aromatic amines is 1. The third kappa shape index (κ3) is 4.49. The first-order chi connectivity index (χ1) is 15.1. The zero-order valence-corrected chi connectivity index (χ0v) is 17.7. The number of hydrogen-bond donors (Lipinski definition) is 2. The van der Waals surface area contributed by atoms with Gasteiger partial charge in [-0.15, -0.1) is 0 Å². The van der Waals surface area contributed by atoms with Gasteiger partial charge in [-0.25, -0.2) is 0 Å². The molecule has 0 aliphatic carbocycles. The van der Waals surface area contributed by atoms with Crippen molar-refractivity contribution >= 4 is 22.7 Å². The van der Waals surface area contributed by atoms with Gasteiger partial charge >= 0.3 is 6.18 Å². The molecular weight excluding hydrogens is 423 g/mol. The van der Waals surface area contributed by atoms with Crippen molar-refractivity contribution in [1.82, 2.24) is 25.0 Å². The maximum Gasteiger partial charge on any atom is 0.393 e. The summed E-state index contributed by atoms with van der Waals surface area (Å²) in [5.41, 5.74) is 2.34. The van der Waals surface area contributed by atoms with Crippen LogP contribution in [0.3, 0.4) is 0 Å². The number of rotatable bonds is 4. The van der Waals surface area contributed by atoms with E-state index >= 15 is 0 Å². The number of carbonyl (C=O) groups is 2. The van der Waals surface area contributed by atoms with Gasteiger partial charge in [0.25, 0.3) is 5.91 Å². The van der Waals surface area contributed by atoms with E-state index in [2.05, 4.69) is 15.4 Å². The number of nitrogens with zero attached hydrogens (tertiary/aromatic N) is 3. The van der Waals surface area contributed by atoms with Gasteiger partial charge in [-0.3, -0.25) is 14.3 Å². The molecule has 2 aromatic heterocycles. The Morgan fingerprint density at radius 1 is 1.28 bits per heavy atom. The van der Waals surface area contributed by atoms with Crippen molar-refractivity contribution < 1.29 is 22.8 Å². The highest BCUT2D eigenvalue weighted by Gasteiger charge is 2.48. The molecule has 3 heterocycles. The second-order valence-corrected chi connectivity index (χ2v) is 8.22. The Bertz CT molecular complexity index is 1120. The molecule has 0 bridgehead atoms. The lowest BCUT2D eigenvalue weighted by molar-refractivity contribution is -0.192. The lowest BCUT2D eigenvalue weighted by Gasteiger charge is -2.39. The number of alkyl halides is 3. The Morgan fingerprint density at radius 2 is 2.03 bits per heavy atom. The maximum atomic E-state index is 13.7. The molecule has 0 radical (unpaired) electrons. The normalized spacial score (nSPS) is 19.3. The number of aryl methyl sites for hydroxylation is 2. The van der Waals surface area contributed by atoms with Crippen LogP contribution in [0.1, 0.15) is 28.2 Å². The summed E-state index contributed by atoms with van der Waals surface area (Å²) in [7, 11) is 1.74. The fourth-order valence-electron chi connectivity index (χ4n) is 4.26. The lowest BCUT2D eigenvalue weighted by Crippen LogP contribution is -2.57. The minimum atomic E-state index is -4.48. The molecule has 7 nitrogen and oxygen atoms in total. The standard InChI is InChI=1S/C22H24F3N5O2/c1-13-15(11-29(2)28-13)10-20(31)30-8-7-16(22(23,24)25)19(12-30)27-21(32)18-9-14-5-3-4-6-17(14)26-18/h3-6,9,11,16,19,26H,7-8,10,12H2,1-2H3,(H,27,32). The van der Waals surface area contributed by atoms with E-state index in [1.165, 1.54) is 4.90 Å². The minimum absolute atomic E-state index is 0.0128. The predicted octanol–water partition coefficient (Wildman–Crippen LogP) is 2.96. The summed E-state index contributed by atoms with van der Waals surface area (Å²) in [5.74, 6) is -2.63. The van der Waals surface area contributed by atoms with Crippen molar-refractivity contribution in [3.8, 4) is 0 Å². The highest BCUT2D eigenvalue weighted by atomic mass is 19.4. The fourth-order valence-corrected chi connectivity index (χ4v) is 4.26. The van der Waals surface area contributed by atoms with Gasteiger partial charge in [0, 0.05) is 42.8 Å². The lowest BCUT2D eigenvalue weighted by atomic mass is 9.90. The average Bonchev–Trinajstić information content (AvgIpc) is 3.29. The molecule has 3 aromatic rings. The third-order valence-corrected chi connectivity index (χ3v) is 5.93. The topological polar surface area (TPSA) is 83.0 Å². The van der Waals surface area contributed by atoms with Crippen LogP contribution in [0, 0.1) is 12.8 Å². The summed E-state index contributed by atoms with van der Waals surface area (Å²) in [5, 5.41) is 7.50.